The standard InChI is InChI=1S/C16H17NO4S/c1-22(19,20)15-9-7-13(8-10-15)16(18)17-11-12-21-14-5-3-2-4-6-14/h2-10H,11-12H2,1H3,(H,17,18). The van der Waals surface area contributed by atoms with E-state index in [9.17, 15) is 13.2 Å². The number of ether oxygens (including phenoxy) is 1. The highest BCUT2D eigenvalue weighted by molar-refractivity contribution is 7.90. The van der Waals surface area contributed by atoms with Crippen LogP contribution in [0.5, 0.6) is 5.75 Å². The predicted molar refractivity (Wildman–Crippen MR) is 83.8 cm³/mol. The Hall–Kier alpha value is -2.34. The Labute approximate surface area is 129 Å². The molecule has 5 nitrogen and oxygen atoms in total. The van der Waals surface area contributed by atoms with Crippen LogP contribution in [0.1, 0.15) is 10.4 Å². The van der Waals surface area contributed by atoms with Gasteiger partial charge in [0.05, 0.1) is 11.4 Å². The van der Waals surface area contributed by atoms with Crippen LogP contribution in [0.3, 0.4) is 0 Å². The van der Waals surface area contributed by atoms with Crippen molar-refractivity contribution in [3.63, 3.8) is 0 Å². The largest absolute Gasteiger partial charge is 0.492 e. The van der Waals surface area contributed by atoms with E-state index >= 15 is 0 Å². The van der Waals surface area contributed by atoms with E-state index in [2.05, 4.69) is 5.32 Å². The Morgan fingerprint density at radius 2 is 1.68 bits per heavy atom. The highest BCUT2D eigenvalue weighted by Gasteiger charge is 2.09. The molecule has 0 spiro atoms. The molecule has 0 unspecified atom stereocenters. The fourth-order valence-electron chi connectivity index (χ4n) is 1.81. The van der Waals surface area contributed by atoms with E-state index in [4.69, 9.17) is 4.74 Å². The molecule has 6 heteroatoms. The van der Waals surface area contributed by atoms with E-state index in [0.717, 1.165) is 12.0 Å². The number of para-hydroxylation sites is 1. The Morgan fingerprint density at radius 3 is 2.27 bits per heavy atom. The zero-order valence-electron chi connectivity index (χ0n) is 12.2. The van der Waals surface area contributed by atoms with Crippen LogP contribution in [-0.2, 0) is 9.84 Å². The summed E-state index contributed by atoms with van der Waals surface area (Å²) in [7, 11) is -3.25. The molecule has 0 bridgehead atoms. The van der Waals surface area contributed by atoms with Crippen LogP contribution in [0, 0.1) is 0 Å². The molecule has 22 heavy (non-hydrogen) atoms. The van der Waals surface area contributed by atoms with Gasteiger partial charge in [0.2, 0.25) is 0 Å². The third-order valence-electron chi connectivity index (χ3n) is 2.94. The summed E-state index contributed by atoms with van der Waals surface area (Å²) in [5.74, 6) is 0.478. The molecule has 0 saturated carbocycles. The lowest BCUT2D eigenvalue weighted by atomic mass is 10.2. The van der Waals surface area contributed by atoms with Crippen LogP contribution < -0.4 is 10.1 Å². The van der Waals surface area contributed by atoms with Gasteiger partial charge in [-0.15, -0.1) is 0 Å². The van der Waals surface area contributed by atoms with Crippen molar-refractivity contribution < 1.29 is 17.9 Å². The third kappa shape index (κ3) is 4.60. The first-order valence-corrected chi connectivity index (χ1v) is 8.62. The smallest absolute Gasteiger partial charge is 0.251 e. The van der Waals surface area contributed by atoms with Gasteiger partial charge in [-0.3, -0.25) is 4.79 Å². The van der Waals surface area contributed by atoms with E-state index in [-0.39, 0.29) is 10.8 Å². The van der Waals surface area contributed by atoms with Gasteiger partial charge in [0, 0.05) is 11.8 Å². The van der Waals surface area contributed by atoms with Crippen molar-refractivity contribution in [3.05, 3.63) is 60.2 Å². The maximum atomic E-state index is 11.9. The van der Waals surface area contributed by atoms with Crippen molar-refractivity contribution in [2.45, 2.75) is 4.90 Å². The van der Waals surface area contributed by atoms with Crippen LogP contribution in [0.4, 0.5) is 0 Å². The minimum absolute atomic E-state index is 0.191. The van der Waals surface area contributed by atoms with Crippen molar-refractivity contribution in [3.8, 4) is 5.75 Å². The Morgan fingerprint density at radius 1 is 1.05 bits per heavy atom. The molecule has 0 aliphatic carbocycles. The maximum Gasteiger partial charge on any atom is 0.251 e. The molecule has 0 fully saturated rings. The average molecular weight is 319 g/mol. The second kappa shape index (κ2) is 7.09. The third-order valence-corrected chi connectivity index (χ3v) is 4.07. The monoisotopic (exact) mass is 319 g/mol. The second-order valence-electron chi connectivity index (χ2n) is 4.71. The summed E-state index contributed by atoms with van der Waals surface area (Å²) >= 11 is 0. The molecule has 2 aromatic carbocycles. The van der Waals surface area contributed by atoms with Gasteiger partial charge < -0.3 is 10.1 Å². The normalized spacial score (nSPS) is 11.0. The minimum Gasteiger partial charge on any atom is -0.492 e. The lowest BCUT2D eigenvalue weighted by Crippen LogP contribution is -2.28. The highest BCUT2D eigenvalue weighted by Crippen LogP contribution is 2.10. The lowest BCUT2D eigenvalue weighted by Gasteiger charge is -2.08. The first kappa shape index (κ1) is 16.0. The number of hydrogen-bond donors (Lipinski definition) is 1. The van der Waals surface area contributed by atoms with Crippen molar-refractivity contribution >= 4 is 15.7 Å². The molecule has 0 saturated heterocycles. The van der Waals surface area contributed by atoms with Crippen molar-refractivity contribution in [1.29, 1.82) is 0 Å². The predicted octanol–water partition coefficient (Wildman–Crippen LogP) is 1.90. The first-order valence-electron chi connectivity index (χ1n) is 6.73. The SMILES string of the molecule is CS(=O)(=O)c1ccc(C(=O)NCCOc2ccccc2)cc1. The highest BCUT2D eigenvalue weighted by atomic mass is 32.2. The number of sulfone groups is 1. The quantitative estimate of drug-likeness (QED) is 0.825. The van der Waals surface area contributed by atoms with Gasteiger partial charge in [0.15, 0.2) is 9.84 Å². The maximum absolute atomic E-state index is 11.9. The van der Waals surface area contributed by atoms with E-state index in [1.54, 1.807) is 0 Å². The lowest BCUT2D eigenvalue weighted by molar-refractivity contribution is 0.0947. The summed E-state index contributed by atoms with van der Waals surface area (Å²) in [5.41, 5.74) is 0.409. The molecule has 0 atom stereocenters. The van der Waals surface area contributed by atoms with Gasteiger partial charge in [-0.1, -0.05) is 18.2 Å². The fraction of sp³-hybridized carbons (Fsp3) is 0.188. The number of amides is 1. The summed E-state index contributed by atoms with van der Waals surface area (Å²) < 4.78 is 28.1. The molecule has 1 N–H and O–H groups in total. The number of carbonyl (C=O) groups excluding carboxylic acids is 1. The second-order valence-corrected chi connectivity index (χ2v) is 6.73. The molecule has 0 aromatic heterocycles. The van der Waals surface area contributed by atoms with Crippen LogP contribution in [0.25, 0.3) is 0 Å². The topological polar surface area (TPSA) is 72.5 Å². The van der Waals surface area contributed by atoms with Crippen molar-refractivity contribution in [2.75, 3.05) is 19.4 Å². The van der Waals surface area contributed by atoms with Gasteiger partial charge in [-0.2, -0.15) is 0 Å². The fourth-order valence-corrected chi connectivity index (χ4v) is 2.44. The first-order chi connectivity index (χ1) is 10.5. The van der Waals surface area contributed by atoms with E-state index in [1.165, 1.54) is 24.3 Å². The number of rotatable bonds is 6. The zero-order valence-corrected chi connectivity index (χ0v) is 13.0. The summed E-state index contributed by atoms with van der Waals surface area (Å²) in [6, 6.07) is 15.1. The van der Waals surface area contributed by atoms with Crippen LogP contribution in [-0.4, -0.2) is 33.7 Å². The van der Waals surface area contributed by atoms with Crippen LogP contribution in [0.2, 0.25) is 0 Å². The average Bonchev–Trinajstić information content (AvgIpc) is 2.52. The molecule has 1 amide bonds. The summed E-state index contributed by atoms with van der Waals surface area (Å²) in [6.45, 7) is 0.721. The summed E-state index contributed by atoms with van der Waals surface area (Å²) in [4.78, 5) is 12.1. The molecular weight excluding hydrogens is 302 g/mol. The van der Waals surface area contributed by atoms with Gasteiger partial charge in [-0.25, -0.2) is 8.42 Å². The van der Waals surface area contributed by atoms with E-state index < -0.39 is 9.84 Å². The molecule has 0 aliphatic heterocycles. The molecule has 2 aromatic rings. The molecular formula is C16H17NO4S. The summed E-state index contributed by atoms with van der Waals surface area (Å²) in [6.07, 6.45) is 1.13. The van der Waals surface area contributed by atoms with Crippen LogP contribution in [0.15, 0.2) is 59.5 Å². The Balaban J connectivity index is 1.82. The molecule has 0 radical (unpaired) electrons. The minimum atomic E-state index is -3.25. The van der Waals surface area contributed by atoms with E-state index in [0.29, 0.717) is 18.7 Å². The number of carbonyl (C=O) groups is 1. The van der Waals surface area contributed by atoms with E-state index in [1.807, 2.05) is 30.3 Å². The Kier molecular flexibility index (Phi) is 5.16. The van der Waals surface area contributed by atoms with Crippen molar-refractivity contribution in [1.82, 2.24) is 5.32 Å². The number of nitrogens with one attached hydrogen (secondary N) is 1. The molecule has 0 heterocycles. The van der Waals surface area contributed by atoms with Gasteiger partial charge in [0.25, 0.3) is 5.91 Å². The van der Waals surface area contributed by atoms with Crippen molar-refractivity contribution in [2.24, 2.45) is 0 Å². The zero-order chi connectivity index (χ0) is 16.0. The molecule has 0 aliphatic rings. The van der Waals surface area contributed by atoms with Gasteiger partial charge in [-0.05, 0) is 36.4 Å². The number of hydrogen-bond acceptors (Lipinski definition) is 4. The Bertz CT molecular complexity index is 725. The van der Waals surface area contributed by atoms with Crippen LogP contribution >= 0.6 is 0 Å². The number of benzene rings is 2. The summed E-state index contributed by atoms with van der Waals surface area (Å²) in [5, 5.41) is 2.71. The molecule has 116 valence electrons. The van der Waals surface area contributed by atoms with Gasteiger partial charge in [0.1, 0.15) is 12.4 Å². The molecule has 2 rings (SSSR count). The van der Waals surface area contributed by atoms with Gasteiger partial charge >= 0.3 is 0 Å².